The zero-order chi connectivity index (χ0) is 22.9. The number of cyclic esters (lactones) is 1. The van der Waals surface area contributed by atoms with Gasteiger partial charge in [0.1, 0.15) is 12.2 Å². The molecule has 0 bridgehead atoms. The van der Waals surface area contributed by atoms with Crippen molar-refractivity contribution in [2.75, 3.05) is 0 Å². The average Bonchev–Trinajstić information content (AvgIpc) is 3.01. The molecule has 1 aromatic rings. The van der Waals surface area contributed by atoms with Gasteiger partial charge in [-0.3, -0.25) is 4.79 Å². The number of carbonyl (C=O) groups excluding carboxylic acids is 1. The fourth-order valence-electron chi connectivity index (χ4n) is 3.25. The first kappa shape index (κ1) is 23.7. The Morgan fingerprint density at radius 3 is 2.43 bits per heavy atom. The molecule has 11 heteroatoms. The topological polar surface area (TPSA) is 107 Å². The maximum absolute atomic E-state index is 13.0. The Morgan fingerprint density at radius 1 is 1.27 bits per heavy atom. The summed E-state index contributed by atoms with van der Waals surface area (Å²) >= 11 is 0. The molecule has 1 N–H and O–H groups in total. The fourth-order valence-corrected chi connectivity index (χ4v) is 3.75. The van der Waals surface area contributed by atoms with Crippen LogP contribution in [0.15, 0.2) is 11.6 Å². The quantitative estimate of drug-likeness (QED) is 0.278. The van der Waals surface area contributed by atoms with Crippen LogP contribution in [0, 0.1) is 6.92 Å². The number of carboxylic acid groups (broad SMARTS) is 1. The first-order valence-electron chi connectivity index (χ1n) is 9.02. The molecule has 0 saturated carbocycles. The lowest BCUT2D eigenvalue weighted by atomic mass is 9.89. The largest absolute Gasteiger partial charge is 0.534 e. The van der Waals surface area contributed by atoms with Crippen molar-refractivity contribution in [3.8, 4) is 5.75 Å². The van der Waals surface area contributed by atoms with E-state index in [-0.39, 0.29) is 37.0 Å². The smallest absolute Gasteiger partial charge is 0.481 e. The van der Waals surface area contributed by atoms with Crippen molar-refractivity contribution in [1.82, 2.24) is 0 Å². The van der Waals surface area contributed by atoms with Crippen molar-refractivity contribution in [3.63, 3.8) is 0 Å². The number of hydrogen-bond donors (Lipinski definition) is 1. The Hall–Kier alpha value is -2.56. The normalized spacial score (nSPS) is 14.5. The third kappa shape index (κ3) is 4.77. The number of esters is 1. The Kier molecular flexibility index (Phi) is 6.85. The number of aliphatic carboxylic acids is 1. The molecule has 0 radical (unpaired) electrons. The molecular weight excluding hydrogens is 429 g/mol. The monoisotopic (exact) mass is 450 g/mol. The third-order valence-corrected chi connectivity index (χ3v) is 5.80. The molecule has 0 saturated heterocycles. The summed E-state index contributed by atoms with van der Waals surface area (Å²) in [6.45, 7) is 4.87. The number of halogens is 3. The summed E-state index contributed by atoms with van der Waals surface area (Å²) < 4.78 is 71.6. The highest BCUT2D eigenvalue weighted by Crippen LogP contribution is 2.41. The number of ether oxygens (including phenoxy) is 1. The van der Waals surface area contributed by atoms with Gasteiger partial charge in [0, 0.05) is 17.5 Å². The number of carboxylic acids is 1. The molecule has 2 rings (SSSR count). The predicted molar refractivity (Wildman–Crippen MR) is 99.6 cm³/mol. The zero-order valence-electron chi connectivity index (χ0n) is 16.6. The van der Waals surface area contributed by atoms with E-state index in [1.54, 1.807) is 26.8 Å². The molecule has 1 aromatic carbocycles. The van der Waals surface area contributed by atoms with E-state index in [9.17, 15) is 31.2 Å². The van der Waals surface area contributed by atoms with Crippen molar-refractivity contribution >= 4 is 22.1 Å². The van der Waals surface area contributed by atoms with E-state index in [4.69, 9.17) is 9.84 Å². The van der Waals surface area contributed by atoms with Gasteiger partial charge in [0.25, 0.3) is 0 Å². The fraction of sp³-hybridized carbons (Fsp3) is 0.474. The summed E-state index contributed by atoms with van der Waals surface area (Å²) in [5.41, 5.74) is -3.79. The maximum Gasteiger partial charge on any atom is 0.534 e. The number of alkyl halides is 3. The minimum absolute atomic E-state index is 0.0429. The van der Waals surface area contributed by atoms with Crippen LogP contribution in [0.3, 0.4) is 0 Å². The molecule has 30 heavy (non-hydrogen) atoms. The molecule has 7 nitrogen and oxygen atoms in total. The lowest BCUT2D eigenvalue weighted by molar-refractivity contribution is -0.136. The molecule has 0 fully saturated rings. The van der Waals surface area contributed by atoms with Gasteiger partial charge in [0.15, 0.2) is 5.75 Å². The molecule has 1 aliphatic heterocycles. The lowest BCUT2D eigenvalue weighted by Crippen LogP contribution is -2.29. The summed E-state index contributed by atoms with van der Waals surface area (Å²) in [4.78, 5) is 22.9. The van der Waals surface area contributed by atoms with E-state index in [0.717, 1.165) is 0 Å². The van der Waals surface area contributed by atoms with Crippen LogP contribution in [0.4, 0.5) is 13.2 Å². The SMILES string of the molecule is CCc1c(C)c2c(c(OS(=O)(=O)C(F)(F)F)c1C/C=C(\C)CCC(=O)O)C(=O)OC2. The maximum atomic E-state index is 13.0. The Balaban J connectivity index is 2.65. The van der Waals surface area contributed by atoms with Gasteiger partial charge < -0.3 is 14.0 Å². The third-order valence-electron chi connectivity index (χ3n) is 4.84. The number of carbonyl (C=O) groups is 2. The highest BCUT2D eigenvalue weighted by atomic mass is 32.2. The molecule has 0 aliphatic carbocycles. The van der Waals surface area contributed by atoms with E-state index in [1.807, 2.05) is 0 Å². The van der Waals surface area contributed by atoms with Crippen molar-refractivity contribution < 1.29 is 45.2 Å². The van der Waals surface area contributed by atoms with E-state index < -0.39 is 33.3 Å². The van der Waals surface area contributed by atoms with Crippen molar-refractivity contribution in [2.24, 2.45) is 0 Å². The van der Waals surface area contributed by atoms with Gasteiger partial charge in [-0.25, -0.2) is 4.79 Å². The van der Waals surface area contributed by atoms with Crippen molar-refractivity contribution in [1.29, 1.82) is 0 Å². The van der Waals surface area contributed by atoms with E-state index in [0.29, 0.717) is 28.7 Å². The second-order valence-corrected chi connectivity index (χ2v) is 8.36. The number of benzene rings is 1. The molecule has 1 aliphatic rings. The highest BCUT2D eigenvalue weighted by Gasteiger charge is 2.50. The molecule has 0 atom stereocenters. The van der Waals surface area contributed by atoms with Crippen LogP contribution in [-0.2, 0) is 39.1 Å². The molecule has 0 amide bonds. The molecule has 0 unspecified atom stereocenters. The van der Waals surface area contributed by atoms with Gasteiger partial charge in [-0.2, -0.15) is 21.6 Å². The second-order valence-electron chi connectivity index (χ2n) is 6.83. The van der Waals surface area contributed by atoms with E-state index in [2.05, 4.69) is 4.18 Å². The number of rotatable bonds is 8. The van der Waals surface area contributed by atoms with Crippen LogP contribution in [0.2, 0.25) is 0 Å². The summed E-state index contributed by atoms with van der Waals surface area (Å²) in [7, 11) is -6.02. The minimum Gasteiger partial charge on any atom is -0.481 e. The summed E-state index contributed by atoms with van der Waals surface area (Å²) in [5, 5.41) is 8.78. The minimum atomic E-state index is -6.02. The number of fused-ring (bicyclic) bond motifs is 1. The molecule has 0 aromatic heterocycles. The molecule has 1 heterocycles. The van der Waals surface area contributed by atoms with Crippen LogP contribution in [0.5, 0.6) is 5.75 Å². The van der Waals surface area contributed by atoms with Gasteiger partial charge in [-0.1, -0.05) is 18.6 Å². The molecule has 0 spiro atoms. The average molecular weight is 450 g/mol. The first-order chi connectivity index (χ1) is 13.8. The van der Waals surface area contributed by atoms with Crippen molar-refractivity contribution in [2.45, 2.75) is 58.6 Å². The Bertz CT molecular complexity index is 1010. The highest BCUT2D eigenvalue weighted by molar-refractivity contribution is 7.88. The van der Waals surface area contributed by atoms with Crippen LogP contribution < -0.4 is 4.18 Å². The number of hydrogen-bond acceptors (Lipinski definition) is 6. The van der Waals surface area contributed by atoms with Gasteiger partial charge in [0.2, 0.25) is 0 Å². The Labute approximate surface area is 171 Å². The molecular formula is C19H21F3O7S. The summed E-state index contributed by atoms with van der Waals surface area (Å²) in [6, 6.07) is 0. The lowest BCUT2D eigenvalue weighted by Gasteiger charge is -2.20. The standard InChI is InChI=1S/C19H21F3O7S/c1-4-12-11(3)14-9-28-18(25)16(14)17(29-30(26,27)19(20,21)22)13(12)7-5-10(2)6-8-15(23)24/h5H,4,6-9H2,1-3H3,(H,23,24)/b10-5+. The summed E-state index contributed by atoms with van der Waals surface area (Å²) in [5.74, 6) is -2.65. The number of allylic oxidation sites excluding steroid dienone is 2. The first-order valence-corrected chi connectivity index (χ1v) is 10.4. The van der Waals surface area contributed by atoms with Gasteiger partial charge in [-0.05, 0) is 44.2 Å². The Morgan fingerprint density at radius 2 is 1.90 bits per heavy atom. The van der Waals surface area contributed by atoms with Gasteiger partial charge >= 0.3 is 27.6 Å². The van der Waals surface area contributed by atoms with Crippen LogP contribution >= 0.6 is 0 Å². The summed E-state index contributed by atoms with van der Waals surface area (Å²) in [6.07, 6.45) is 1.95. The van der Waals surface area contributed by atoms with Gasteiger partial charge in [-0.15, -0.1) is 0 Å². The molecule has 166 valence electrons. The van der Waals surface area contributed by atoms with Gasteiger partial charge in [0.05, 0.1) is 0 Å². The predicted octanol–water partition coefficient (Wildman–Crippen LogP) is 3.81. The van der Waals surface area contributed by atoms with Crippen LogP contribution in [0.1, 0.15) is 59.3 Å². The van der Waals surface area contributed by atoms with Crippen LogP contribution in [0.25, 0.3) is 0 Å². The second kappa shape index (κ2) is 8.66. The zero-order valence-corrected chi connectivity index (χ0v) is 17.4. The van der Waals surface area contributed by atoms with E-state index >= 15 is 0 Å². The van der Waals surface area contributed by atoms with Crippen LogP contribution in [-0.4, -0.2) is 31.0 Å². The van der Waals surface area contributed by atoms with E-state index in [1.165, 1.54) is 0 Å². The van der Waals surface area contributed by atoms with Crippen molar-refractivity contribution in [3.05, 3.63) is 39.5 Å².